The maximum atomic E-state index is 14.5. The lowest BCUT2D eigenvalue weighted by atomic mass is 10.0. The zero-order valence-electron chi connectivity index (χ0n) is 17.1. The Labute approximate surface area is 198 Å². The molecule has 4 rings (SSSR count). The van der Waals surface area contributed by atoms with E-state index in [4.69, 9.17) is 0 Å². The van der Waals surface area contributed by atoms with Crippen molar-refractivity contribution in [2.45, 2.75) is 0 Å². The summed E-state index contributed by atoms with van der Waals surface area (Å²) in [7, 11) is 0. The first-order valence-corrected chi connectivity index (χ1v) is 9.28. The maximum absolute atomic E-state index is 14.5. The van der Waals surface area contributed by atoms with E-state index in [0.29, 0.717) is 0 Å². The molecule has 38 heavy (non-hydrogen) atoms. The topological polar surface area (TPSA) is 28.7 Å². The molecule has 3 aromatic carbocycles. The van der Waals surface area contributed by atoms with E-state index >= 15 is 0 Å². The lowest BCUT2D eigenvalue weighted by Gasteiger charge is -2.11. The van der Waals surface area contributed by atoms with Gasteiger partial charge in [-0.05, 0) is 0 Å². The molecule has 0 radical (unpaired) electrons. The van der Waals surface area contributed by atoms with Gasteiger partial charge in [0.05, 0.1) is 22.4 Å². The summed E-state index contributed by atoms with van der Waals surface area (Å²) in [5.74, 6) is -42.9. The Morgan fingerprint density at radius 1 is 0.316 bits per heavy atom. The molecule has 0 saturated heterocycles. The Balaban J connectivity index is 2.23. The van der Waals surface area contributed by atoms with Crippen LogP contribution in [-0.2, 0) is 0 Å². The lowest BCUT2D eigenvalue weighted by molar-refractivity contribution is 0.380. The Kier molecular flexibility index (Phi) is 6.35. The van der Waals surface area contributed by atoms with Crippen molar-refractivity contribution in [2.75, 3.05) is 0 Å². The van der Waals surface area contributed by atoms with E-state index in [2.05, 4.69) is 4.98 Å². The van der Waals surface area contributed by atoms with Gasteiger partial charge in [-0.25, -0.2) is 70.8 Å². The van der Waals surface area contributed by atoms with Crippen LogP contribution in [0.2, 0.25) is 0 Å². The van der Waals surface area contributed by atoms with Crippen LogP contribution in [-0.4, -0.2) is 9.97 Å². The summed E-state index contributed by atoms with van der Waals surface area (Å²) in [6.07, 6.45) is 0. The molecule has 0 spiro atoms. The first-order chi connectivity index (χ1) is 17.6. The fraction of sp³-hybridized carbons (Fsp3) is 0. The molecule has 0 aliphatic carbocycles. The molecule has 0 aliphatic heterocycles. The highest BCUT2D eigenvalue weighted by molar-refractivity contribution is 5.82. The molecule has 2 nitrogen and oxygen atoms in total. The van der Waals surface area contributed by atoms with Crippen molar-refractivity contribution >= 4 is 0 Å². The molecule has 17 heteroatoms. The molecule has 0 aliphatic rings. The number of aromatic nitrogens is 2. The molecule has 0 saturated carbocycles. The molecule has 4 aromatic rings. The minimum Gasteiger partial charge on any atom is -0.337 e. The quantitative estimate of drug-likeness (QED) is 0.155. The minimum absolute atomic E-state index is 1.38. The summed E-state index contributed by atoms with van der Waals surface area (Å²) < 4.78 is 209. The number of nitrogens with one attached hydrogen (secondary N) is 1. The number of halogens is 15. The van der Waals surface area contributed by atoms with Crippen LogP contribution in [0.5, 0.6) is 0 Å². The third kappa shape index (κ3) is 3.59. The number of nitrogens with zero attached hydrogens (tertiary/aromatic N) is 1. The van der Waals surface area contributed by atoms with Gasteiger partial charge in [-0.1, -0.05) is 0 Å². The van der Waals surface area contributed by atoms with E-state index in [9.17, 15) is 65.9 Å². The van der Waals surface area contributed by atoms with Gasteiger partial charge in [0.25, 0.3) is 0 Å². The second-order valence-corrected chi connectivity index (χ2v) is 7.14. The Morgan fingerprint density at radius 3 is 0.921 bits per heavy atom. The molecular weight excluding hydrogens is 565 g/mol. The van der Waals surface area contributed by atoms with Gasteiger partial charge in [-0.2, -0.15) is 0 Å². The number of hydrogen-bond donors (Lipinski definition) is 1. The van der Waals surface area contributed by atoms with Crippen molar-refractivity contribution in [1.82, 2.24) is 9.97 Å². The summed E-state index contributed by atoms with van der Waals surface area (Å²) in [4.78, 5) is 4.34. The molecule has 0 unspecified atom stereocenters. The fourth-order valence-electron chi connectivity index (χ4n) is 3.30. The number of hydrogen-bond acceptors (Lipinski definition) is 1. The predicted molar refractivity (Wildman–Crippen MR) is 94.3 cm³/mol. The van der Waals surface area contributed by atoms with Crippen LogP contribution < -0.4 is 0 Å². The lowest BCUT2D eigenvalue weighted by Crippen LogP contribution is -2.07. The molecule has 0 fully saturated rings. The van der Waals surface area contributed by atoms with Crippen LogP contribution in [0.25, 0.3) is 33.9 Å². The van der Waals surface area contributed by atoms with Crippen molar-refractivity contribution in [3.8, 4) is 33.9 Å². The molecule has 1 N–H and O–H groups in total. The first-order valence-electron chi connectivity index (χ1n) is 9.28. The number of imidazole rings is 1. The van der Waals surface area contributed by atoms with Gasteiger partial charge in [-0.15, -0.1) is 0 Å². The molecule has 200 valence electrons. The van der Waals surface area contributed by atoms with Gasteiger partial charge in [0.2, 0.25) is 17.5 Å². The van der Waals surface area contributed by atoms with E-state index < -0.39 is 121 Å². The van der Waals surface area contributed by atoms with Crippen molar-refractivity contribution in [3.63, 3.8) is 0 Å². The van der Waals surface area contributed by atoms with Crippen molar-refractivity contribution < 1.29 is 65.9 Å². The van der Waals surface area contributed by atoms with E-state index in [1.807, 2.05) is 0 Å². The molecule has 0 atom stereocenters. The van der Waals surface area contributed by atoms with Gasteiger partial charge in [0.1, 0.15) is 11.5 Å². The number of H-pyrrole nitrogens is 1. The van der Waals surface area contributed by atoms with Crippen molar-refractivity contribution in [1.29, 1.82) is 0 Å². The average Bonchev–Trinajstić information content (AvgIpc) is 3.30. The highest BCUT2D eigenvalue weighted by atomic mass is 19.2. The largest absolute Gasteiger partial charge is 0.337 e. The molecule has 1 heterocycles. The highest BCUT2D eigenvalue weighted by Gasteiger charge is 2.36. The van der Waals surface area contributed by atoms with Crippen molar-refractivity contribution in [3.05, 3.63) is 87.3 Å². The monoisotopic (exact) mass is 566 g/mol. The molecule has 0 bridgehead atoms. The fourth-order valence-corrected chi connectivity index (χ4v) is 3.30. The number of rotatable bonds is 3. The summed E-state index contributed by atoms with van der Waals surface area (Å²) in [5.41, 5.74) is -10.3. The van der Waals surface area contributed by atoms with Crippen LogP contribution in [0.3, 0.4) is 0 Å². The number of benzene rings is 3. The predicted octanol–water partition coefficient (Wildman–Crippen LogP) is 7.50. The minimum atomic E-state index is -2.80. The molecule has 0 amide bonds. The highest BCUT2D eigenvalue weighted by Crippen LogP contribution is 2.42. The van der Waals surface area contributed by atoms with Gasteiger partial charge < -0.3 is 4.98 Å². The third-order valence-corrected chi connectivity index (χ3v) is 5.06. The van der Waals surface area contributed by atoms with Crippen LogP contribution in [0.15, 0.2) is 0 Å². The van der Waals surface area contributed by atoms with E-state index in [1.165, 1.54) is 4.98 Å². The zero-order valence-corrected chi connectivity index (χ0v) is 17.1. The Morgan fingerprint density at radius 2 is 0.579 bits per heavy atom. The van der Waals surface area contributed by atoms with Crippen LogP contribution >= 0.6 is 0 Å². The van der Waals surface area contributed by atoms with Crippen LogP contribution in [0.1, 0.15) is 0 Å². The smallest absolute Gasteiger partial charge is 0.200 e. The van der Waals surface area contributed by atoms with Crippen molar-refractivity contribution in [2.24, 2.45) is 0 Å². The maximum Gasteiger partial charge on any atom is 0.200 e. The summed E-state index contributed by atoms with van der Waals surface area (Å²) in [5, 5.41) is 0. The van der Waals surface area contributed by atoms with Gasteiger partial charge in [-0.3, -0.25) is 0 Å². The zero-order chi connectivity index (χ0) is 28.5. The number of aromatic amines is 1. The Bertz CT molecular complexity index is 1500. The standard InChI is InChI=1S/C21HF15N2/c22-4-1(5(23)11(29)16(34)10(4)28)19-20(2-6(24)12(30)17(35)13(31)7(2)25)38-21(37-19)3-8(26)14(32)18(36)15(33)9(3)27/h(H,37,38). The normalized spacial score (nSPS) is 11.6. The second kappa shape index (κ2) is 8.98. The molecular formula is C21HF15N2. The summed E-state index contributed by atoms with van der Waals surface area (Å²) in [6, 6.07) is 0. The first kappa shape index (κ1) is 26.9. The second-order valence-electron chi connectivity index (χ2n) is 7.14. The van der Waals surface area contributed by atoms with Gasteiger partial charge in [0, 0.05) is 0 Å². The van der Waals surface area contributed by atoms with E-state index in [0.717, 1.165) is 0 Å². The van der Waals surface area contributed by atoms with Gasteiger partial charge >= 0.3 is 0 Å². The summed E-state index contributed by atoms with van der Waals surface area (Å²) >= 11 is 0. The van der Waals surface area contributed by atoms with Crippen LogP contribution in [0.4, 0.5) is 65.9 Å². The van der Waals surface area contributed by atoms with Gasteiger partial charge in [0.15, 0.2) is 69.8 Å². The van der Waals surface area contributed by atoms with Crippen LogP contribution in [0, 0.1) is 87.3 Å². The molecule has 1 aromatic heterocycles. The SMILES string of the molecule is Fc1c(F)c(F)c(-c2nc(-c3c(F)c(F)c(F)c(F)c3F)c(-c3c(F)c(F)c(F)c(F)c3F)[nH]2)c(F)c1F. The van der Waals surface area contributed by atoms with E-state index in [-0.39, 0.29) is 0 Å². The summed E-state index contributed by atoms with van der Waals surface area (Å²) in [6.45, 7) is 0. The average molecular weight is 566 g/mol. The third-order valence-electron chi connectivity index (χ3n) is 5.06. The van der Waals surface area contributed by atoms with E-state index in [1.54, 1.807) is 0 Å². The Hall–Kier alpha value is -4.18.